The lowest BCUT2D eigenvalue weighted by atomic mass is 10.2. The number of esters is 1. The molecule has 13 heavy (non-hydrogen) atoms. The Bertz CT molecular complexity index is 272. The normalized spacial score (nSPS) is 12.2. The van der Waals surface area contributed by atoms with Crippen molar-refractivity contribution in [1.29, 1.82) is 0 Å². The van der Waals surface area contributed by atoms with Crippen LogP contribution in [0.25, 0.3) is 0 Å². The van der Waals surface area contributed by atoms with Crippen LogP contribution < -0.4 is 0 Å². The van der Waals surface area contributed by atoms with E-state index in [-0.39, 0.29) is 10.1 Å². The molecule has 70 valence electrons. The van der Waals surface area contributed by atoms with Crippen molar-refractivity contribution >= 4 is 28.6 Å². The number of carbonyl (C=O) groups excluding carboxylic acids is 1. The van der Waals surface area contributed by atoms with Gasteiger partial charge in [0.15, 0.2) is 4.11 Å². The van der Waals surface area contributed by atoms with E-state index in [0.717, 1.165) is 6.42 Å². The van der Waals surface area contributed by atoms with Crippen molar-refractivity contribution in [3.63, 3.8) is 0 Å². The molecule has 0 fully saturated rings. The van der Waals surface area contributed by atoms with Gasteiger partial charge in [-0.1, -0.05) is 25.1 Å². The van der Waals surface area contributed by atoms with Crippen LogP contribution in [-0.2, 0) is 4.74 Å². The SMILES string of the molecule is CCC(I)OC(=O)c1ccccc1. The summed E-state index contributed by atoms with van der Waals surface area (Å²) in [4.78, 5) is 11.4. The van der Waals surface area contributed by atoms with Gasteiger partial charge in [-0.15, -0.1) is 0 Å². The van der Waals surface area contributed by atoms with Crippen LogP contribution in [-0.4, -0.2) is 10.1 Å². The molecule has 0 aliphatic heterocycles. The number of carbonyl (C=O) groups is 1. The summed E-state index contributed by atoms with van der Waals surface area (Å²) in [7, 11) is 0. The standard InChI is InChI=1S/C10H11IO2/c1-2-9(11)13-10(12)8-6-4-3-5-7-8/h3-7,9H,2H2,1H3. The van der Waals surface area contributed by atoms with E-state index in [1.165, 1.54) is 0 Å². The number of benzene rings is 1. The Morgan fingerprint density at radius 2 is 2.08 bits per heavy atom. The lowest BCUT2D eigenvalue weighted by molar-refractivity contribution is 0.0478. The summed E-state index contributed by atoms with van der Waals surface area (Å²) >= 11 is 2.10. The first-order chi connectivity index (χ1) is 6.24. The topological polar surface area (TPSA) is 26.3 Å². The van der Waals surface area contributed by atoms with E-state index in [9.17, 15) is 4.79 Å². The number of alkyl halides is 1. The monoisotopic (exact) mass is 290 g/mol. The molecule has 1 unspecified atom stereocenters. The molecule has 3 heteroatoms. The van der Waals surface area contributed by atoms with E-state index in [2.05, 4.69) is 22.6 Å². The van der Waals surface area contributed by atoms with Crippen molar-refractivity contribution in [2.75, 3.05) is 0 Å². The predicted molar refractivity (Wildman–Crippen MR) is 60.0 cm³/mol. The van der Waals surface area contributed by atoms with E-state index >= 15 is 0 Å². The van der Waals surface area contributed by atoms with Crippen LogP contribution >= 0.6 is 22.6 Å². The molecule has 1 rings (SSSR count). The molecule has 0 N–H and O–H groups in total. The van der Waals surface area contributed by atoms with E-state index in [0.29, 0.717) is 5.56 Å². The van der Waals surface area contributed by atoms with Gasteiger partial charge in [0.05, 0.1) is 5.56 Å². The highest BCUT2D eigenvalue weighted by Crippen LogP contribution is 2.10. The maximum Gasteiger partial charge on any atom is 0.339 e. The molecule has 0 bridgehead atoms. The Morgan fingerprint density at radius 3 is 2.62 bits per heavy atom. The molecule has 0 aliphatic carbocycles. The maximum atomic E-state index is 11.4. The number of rotatable bonds is 3. The molecule has 0 amide bonds. The first-order valence-corrected chi connectivity index (χ1v) is 5.38. The minimum atomic E-state index is -0.248. The first-order valence-electron chi connectivity index (χ1n) is 4.14. The molecule has 0 spiro atoms. The number of hydrogen-bond donors (Lipinski definition) is 0. The van der Waals surface area contributed by atoms with E-state index in [4.69, 9.17) is 4.74 Å². The fourth-order valence-electron chi connectivity index (χ4n) is 0.842. The molecule has 0 aliphatic rings. The van der Waals surface area contributed by atoms with Crippen LogP contribution in [0.2, 0.25) is 0 Å². The quantitative estimate of drug-likeness (QED) is 0.486. The van der Waals surface area contributed by atoms with Crippen LogP contribution in [0.1, 0.15) is 23.7 Å². The lowest BCUT2D eigenvalue weighted by Gasteiger charge is -2.08. The van der Waals surface area contributed by atoms with Gasteiger partial charge < -0.3 is 4.74 Å². The number of halogens is 1. The van der Waals surface area contributed by atoms with Crippen LogP contribution in [0.3, 0.4) is 0 Å². The summed E-state index contributed by atoms with van der Waals surface area (Å²) in [6.45, 7) is 1.98. The average molecular weight is 290 g/mol. The number of ether oxygens (including phenoxy) is 1. The van der Waals surface area contributed by atoms with Gasteiger partial charge in [-0.3, -0.25) is 0 Å². The highest BCUT2D eigenvalue weighted by molar-refractivity contribution is 14.1. The van der Waals surface area contributed by atoms with Crippen LogP contribution in [0.5, 0.6) is 0 Å². The van der Waals surface area contributed by atoms with E-state index in [1.807, 2.05) is 25.1 Å². The molecule has 1 aromatic carbocycles. The van der Waals surface area contributed by atoms with Gasteiger partial charge in [-0.25, -0.2) is 4.79 Å². The molecule has 1 atom stereocenters. The molecule has 0 radical (unpaired) electrons. The summed E-state index contributed by atoms with van der Waals surface area (Å²) < 4.78 is 5.10. The summed E-state index contributed by atoms with van der Waals surface area (Å²) in [6.07, 6.45) is 0.832. The van der Waals surface area contributed by atoms with Crippen molar-refractivity contribution in [2.45, 2.75) is 17.5 Å². The number of hydrogen-bond acceptors (Lipinski definition) is 2. The van der Waals surface area contributed by atoms with Crippen LogP contribution in [0.15, 0.2) is 30.3 Å². The third-order valence-corrected chi connectivity index (χ3v) is 2.70. The van der Waals surface area contributed by atoms with Gasteiger partial charge in [0.25, 0.3) is 0 Å². The minimum absolute atomic E-state index is 0.0368. The van der Waals surface area contributed by atoms with Crippen molar-refractivity contribution in [1.82, 2.24) is 0 Å². The summed E-state index contributed by atoms with van der Waals surface area (Å²) in [5.41, 5.74) is 0.609. The van der Waals surface area contributed by atoms with Crippen LogP contribution in [0, 0.1) is 0 Å². The maximum absolute atomic E-state index is 11.4. The second kappa shape index (κ2) is 5.21. The lowest BCUT2D eigenvalue weighted by Crippen LogP contribution is -2.11. The fourth-order valence-corrected chi connectivity index (χ4v) is 1.07. The van der Waals surface area contributed by atoms with Crippen molar-refractivity contribution in [2.24, 2.45) is 0 Å². The van der Waals surface area contributed by atoms with Gasteiger partial charge >= 0.3 is 5.97 Å². The third kappa shape index (κ3) is 3.34. The summed E-state index contributed by atoms with van der Waals surface area (Å²) in [5, 5.41) is 0. The molecule has 1 aromatic rings. The molecular weight excluding hydrogens is 279 g/mol. The van der Waals surface area contributed by atoms with Crippen LogP contribution in [0.4, 0.5) is 0 Å². The highest BCUT2D eigenvalue weighted by atomic mass is 127. The van der Waals surface area contributed by atoms with Crippen molar-refractivity contribution in [3.8, 4) is 0 Å². The zero-order valence-corrected chi connectivity index (χ0v) is 9.52. The Morgan fingerprint density at radius 1 is 1.46 bits per heavy atom. The Labute approximate surface area is 91.4 Å². The third-order valence-electron chi connectivity index (χ3n) is 1.57. The molecule has 0 saturated carbocycles. The molecule has 2 nitrogen and oxygen atoms in total. The first kappa shape index (κ1) is 10.5. The van der Waals surface area contributed by atoms with Crippen molar-refractivity contribution in [3.05, 3.63) is 35.9 Å². The fraction of sp³-hybridized carbons (Fsp3) is 0.300. The summed E-state index contributed by atoms with van der Waals surface area (Å²) in [5.74, 6) is -0.248. The van der Waals surface area contributed by atoms with Crippen molar-refractivity contribution < 1.29 is 9.53 Å². The Kier molecular flexibility index (Phi) is 4.21. The molecule has 0 heterocycles. The molecule has 0 saturated heterocycles. The zero-order chi connectivity index (χ0) is 9.68. The Balaban J connectivity index is 2.59. The molecular formula is C10H11IO2. The second-order valence-electron chi connectivity index (χ2n) is 2.59. The zero-order valence-electron chi connectivity index (χ0n) is 7.37. The Hall–Kier alpha value is -0.580. The average Bonchev–Trinajstić information content (AvgIpc) is 2.19. The smallest absolute Gasteiger partial charge is 0.339 e. The minimum Gasteiger partial charge on any atom is -0.448 e. The van der Waals surface area contributed by atoms with Gasteiger partial charge in [0, 0.05) is 0 Å². The predicted octanol–water partition coefficient (Wildman–Crippen LogP) is 3.01. The van der Waals surface area contributed by atoms with Gasteiger partial charge in [-0.2, -0.15) is 0 Å². The summed E-state index contributed by atoms with van der Waals surface area (Å²) in [6, 6.07) is 9.02. The largest absolute Gasteiger partial charge is 0.448 e. The van der Waals surface area contributed by atoms with E-state index < -0.39 is 0 Å². The van der Waals surface area contributed by atoms with Gasteiger partial charge in [-0.05, 0) is 41.1 Å². The van der Waals surface area contributed by atoms with Gasteiger partial charge in [0.1, 0.15) is 0 Å². The molecule has 0 aromatic heterocycles. The second-order valence-corrected chi connectivity index (χ2v) is 3.98. The van der Waals surface area contributed by atoms with E-state index in [1.54, 1.807) is 12.1 Å². The highest BCUT2D eigenvalue weighted by Gasteiger charge is 2.10. The van der Waals surface area contributed by atoms with Gasteiger partial charge in [0.2, 0.25) is 0 Å².